The Balaban J connectivity index is 2.17. The summed E-state index contributed by atoms with van der Waals surface area (Å²) in [4.78, 5) is 11.6. The van der Waals surface area contributed by atoms with E-state index in [2.05, 4.69) is 5.32 Å². The number of hydrogen-bond donors (Lipinski definition) is 1. The summed E-state index contributed by atoms with van der Waals surface area (Å²) in [5, 5.41) is 2.54. The van der Waals surface area contributed by atoms with Gasteiger partial charge in [-0.25, -0.2) is 0 Å². The lowest BCUT2D eigenvalue weighted by Gasteiger charge is -2.12. The maximum atomic E-state index is 12.7. The molecule has 5 heteroatoms. The zero-order valence-corrected chi connectivity index (χ0v) is 10.1. The van der Waals surface area contributed by atoms with Crippen LogP contribution in [0.1, 0.15) is 24.5 Å². The molecule has 1 aromatic rings. The van der Waals surface area contributed by atoms with Crippen LogP contribution in [0.3, 0.4) is 0 Å². The summed E-state index contributed by atoms with van der Waals surface area (Å²) >= 11 is 0. The topological polar surface area (TPSA) is 29.1 Å². The summed E-state index contributed by atoms with van der Waals surface area (Å²) in [7, 11) is 0. The van der Waals surface area contributed by atoms with E-state index in [0.29, 0.717) is 5.92 Å². The summed E-state index contributed by atoms with van der Waals surface area (Å²) in [6, 6.07) is 3.85. The highest BCUT2D eigenvalue weighted by Crippen LogP contribution is 2.39. The van der Waals surface area contributed by atoms with Gasteiger partial charge in [-0.3, -0.25) is 4.79 Å². The van der Waals surface area contributed by atoms with Crippen LogP contribution in [-0.4, -0.2) is 5.91 Å². The van der Waals surface area contributed by atoms with E-state index in [-0.39, 0.29) is 23.1 Å². The van der Waals surface area contributed by atoms with Crippen molar-refractivity contribution in [3.8, 4) is 0 Å². The summed E-state index contributed by atoms with van der Waals surface area (Å²) in [6.45, 7) is 3.35. The molecule has 1 aliphatic rings. The minimum Gasteiger partial charge on any atom is -0.326 e. The molecule has 1 fully saturated rings. The van der Waals surface area contributed by atoms with Gasteiger partial charge >= 0.3 is 6.18 Å². The van der Waals surface area contributed by atoms with Crippen molar-refractivity contribution in [3.63, 3.8) is 0 Å². The Kier molecular flexibility index (Phi) is 3.09. The van der Waals surface area contributed by atoms with Gasteiger partial charge in [0, 0.05) is 11.6 Å². The molecule has 1 saturated carbocycles. The first kappa shape index (κ1) is 12.9. The molecule has 0 aliphatic heterocycles. The van der Waals surface area contributed by atoms with Gasteiger partial charge in [-0.2, -0.15) is 13.2 Å². The number of carbonyl (C=O) groups excluding carboxylic acids is 1. The lowest BCUT2D eigenvalue weighted by molar-refractivity contribution is -0.138. The third-order valence-electron chi connectivity index (χ3n) is 3.26. The molecule has 2 unspecified atom stereocenters. The van der Waals surface area contributed by atoms with Crippen LogP contribution < -0.4 is 5.32 Å². The van der Waals surface area contributed by atoms with Gasteiger partial charge in [-0.05, 0) is 37.0 Å². The number of rotatable bonds is 2. The van der Waals surface area contributed by atoms with Crippen molar-refractivity contribution in [2.75, 3.05) is 5.32 Å². The summed E-state index contributed by atoms with van der Waals surface area (Å²) in [5.41, 5.74) is -0.346. The van der Waals surface area contributed by atoms with E-state index in [0.717, 1.165) is 12.5 Å². The van der Waals surface area contributed by atoms with E-state index >= 15 is 0 Å². The first-order chi connectivity index (χ1) is 8.29. The van der Waals surface area contributed by atoms with E-state index in [1.165, 1.54) is 19.1 Å². The SMILES string of the molecule is Cc1ccc(NC(=O)C2CC2C)cc1C(F)(F)F. The Labute approximate surface area is 103 Å². The van der Waals surface area contributed by atoms with Crippen molar-refractivity contribution < 1.29 is 18.0 Å². The van der Waals surface area contributed by atoms with Gasteiger partial charge in [-0.1, -0.05) is 13.0 Å². The van der Waals surface area contributed by atoms with E-state index in [1.54, 1.807) is 0 Å². The highest BCUT2D eigenvalue weighted by molar-refractivity contribution is 5.94. The van der Waals surface area contributed by atoms with Crippen molar-refractivity contribution in [1.82, 2.24) is 0 Å². The number of amides is 1. The molecule has 0 heterocycles. The van der Waals surface area contributed by atoms with E-state index < -0.39 is 11.7 Å². The smallest absolute Gasteiger partial charge is 0.326 e. The third kappa shape index (κ3) is 2.66. The van der Waals surface area contributed by atoms with Gasteiger partial charge in [-0.15, -0.1) is 0 Å². The lowest BCUT2D eigenvalue weighted by atomic mass is 10.1. The molecule has 0 aromatic heterocycles. The Bertz CT molecular complexity index is 482. The number of carbonyl (C=O) groups is 1. The number of halogens is 3. The Morgan fingerprint density at radius 1 is 1.39 bits per heavy atom. The fraction of sp³-hybridized carbons (Fsp3) is 0.462. The van der Waals surface area contributed by atoms with Gasteiger partial charge in [0.25, 0.3) is 0 Å². The standard InChI is InChI=1S/C13H14F3NO/c1-7-3-4-9(6-11(7)13(14,15)16)17-12(18)10-5-8(10)2/h3-4,6,8,10H,5H2,1-2H3,(H,17,18). The van der Waals surface area contributed by atoms with Crippen LogP contribution in [0, 0.1) is 18.8 Å². The highest BCUT2D eigenvalue weighted by Gasteiger charge is 2.39. The van der Waals surface area contributed by atoms with Gasteiger partial charge < -0.3 is 5.32 Å². The second-order valence-electron chi connectivity index (χ2n) is 4.84. The van der Waals surface area contributed by atoms with Gasteiger partial charge in [0.05, 0.1) is 5.56 Å². The fourth-order valence-electron chi connectivity index (χ4n) is 1.93. The van der Waals surface area contributed by atoms with Crippen LogP contribution in [0.5, 0.6) is 0 Å². The predicted octanol–water partition coefficient (Wildman–Crippen LogP) is 3.61. The van der Waals surface area contributed by atoms with Gasteiger partial charge in [0.1, 0.15) is 0 Å². The predicted molar refractivity (Wildman–Crippen MR) is 62.1 cm³/mol. The maximum absolute atomic E-state index is 12.7. The van der Waals surface area contributed by atoms with E-state index in [9.17, 15) is 18.0 Å². The summed E-state index contributed by atoms with van der Waals surface area (Å²) in [5.74, 6) is 0.0812. The quantitative estimate of drug-likeness (QED) is 0.861. The average Bonchev–Trinajstić information content (AvgIpc) is 2.97. The van der Waals surface area contributed by atoms with Crippen LogP contribution in [0.4, 0.5) is 18.9 Å². The first-order valence-corrected chi connectivity index (χ1v) is 5.77. The molecule has 2 rings (SSSR count). The first-order valence-electron chi connectivity index (χ1n) is 5.77. The number of alkyl halides is 3. The third-order valence-corrected chi connectivity index (χ3v) is 3.26. The van der Waals surface area contributed by atoms with Gasteiger partial charge in [0.2, 0.25) is 5.91 Å². The molecule has 0 spiro atoms. The van der Waals surface area contributed by atoms with Crippen LogP contribution in [0.2, 0.25) is 0 Å². The molecular formula is C13H14F3NO. The van der Waals surface area contributed by atoms with Crippen molar-refractivity contribution in [2.45, 2.75) is 26.4 Å². The average molecular weight is 257 g/mol. The van der Waals surface area contributed by atoms with E-state index in [4.69, 9.17) is 0 Å². The zero-order chi connectivity index (χ0) is 13.5. The van der Waals surface area contributed by atoms with E-state index in [1.807, 2.05) is 6.92 Å². The Morgan fingerprint density at radius 3 is 2.50 bits per heavy atom. The van der Waals surface area contributed by atoms with Gasteiger partial charge in [0.15, 0.2) is 0 Å². The number of nitrogens with one attached hydrogen (secondary N) is 1. The second-order valence-corrected chi connectivity index (χ2v) is 4.84. The molecule has 98 valence electrons. The fourth-order valence-corrected chi connectivity index (χ4v) is 1.93. The monoisotopic (exact) mass is 257 g/mol. The number of anilines is 1. The van der Waals surface area contributed by atoms with Crippen molar-refractivity contribution in [2.24, 2.45) is 11.8 Å². The van der Waals surface area contributed by atoms with Crippen LogP contribution in [-0.2, 0) is 11.0 Å². The lowest BCUT2D eigenvalue weighted by Crippen LogP contribution is -2.15. The largest absolute Gasteiger partial charge is 0.416 e. The molecule has 1 aromatic carbocycles. The van der Waals surface area contributed by atoms with Crippen molar-refractivity contribution in [1.29, 1.82) is 0 Å². The molecule has 0 radical (unpaired) electrons. The van der Waals surface area contributed by atoms with Crippen molar-refractivity contribution >= 4 is 11.6 Å². The summed E-state index contributed by atoms with van der Waals surface area (Å²) in [6.07, 6.45) is -3.58. The van der Waals surface area contributed by atoms with Crippen LogP contribution in [0.25, 0.3) is 0 Å². The Hall–Kier alpha value is -1.52. The molecule has 1 amide bonds. The summed E-state index contributed by atoms with van der Waals surface area (Å²) < 4.78 is 38.1. The zero-order valence-electron chi connectivity index (χ0n) is 10.1. The molecule has 1 N–H and O–H groups in total. The van der Waals surface area contributed by atoms with Crippen LogP contribution >= 0.6 is 0 Å². The maximum Gasteiger partial charge on any atom is 0.416 e. The highest BCUT2D eigenvalue weighted by atomic mass is 19.4. The van der Waals surface area contributed by atoms with Crippen molar-refractivity contribution in [3.05, 3.63) is 29.3 Å². The normalized spacial score (nSPS) is 22.7. The molecule has 1 aliphatic carbocycles. The minimum absolute atomic E-state index is 0.0550. The molecule has 2 nitrogen and oxygen atoms in total. The molecule has 0 saturated heterocycles. The van der Waals surface area contributed by atoms with Crippen LogP contribution in [0.15, 0.2) is 18.2 Å². The molecule has 2 atom stereocenters. The molecule has 0 bridgehead atoms. The number of aryl methyl sites for hydroxylation is 1. The number of hydrogen-bond acceptors (Lipinski definition) is 1. The molecular weight excluding hydrogens is 243 g/mol. The molecule has 18 heavy (non-hydrogen) atoms. The Morgan fingerprint density at radius 2 is 2.00 bits per heavy atom. The minimum atomic E-state index is -4.39. The second kappa shape index (κ2) is 4.30. The number of benzene rings is 1.